The van der Waals surface area contributed by atoms with Gasteiger partial charge in [0.15, 0.2) is 16.1 Å². The SMILES string of the molecule is CS(=O)(=O)c1ccc(N=C(N)c2ccc(C(O)O)cc2)cc1. The molecule has 0 aliphatic heterocycles. The van der Waals surface area contributed by atoms with E-state index < -0.39 is 16.1 Å². The maximum absolute atomic E-state index is 11.4. The highest BCUT2D eigenvalue weighted by Gasteiger charge is 2.07. The Morgan fingerprint density at radius 3 is 2.05 bits per heavy atom. The Hall–Kier alpha value is -2.22. The van der Waals surface area contributed by atoms with Crippen molar-refractivity contribution in [1.82, 2.24) is 0 Å². The molecule has 2 aromatic carbocycles. The summed E-state index contributed by atoms with van der Waals surface area (Å²) in [6, 6.07) is 12.4. The van der Waals surface area contributed by atoms with Crippen molar-refractivity contribution in [1.29, 1.82) is 0 Å². The van der Waals surface area contributed by atoms with Crippen LogP contribution in [-0.4, -0.2) is 30.7 Å². The number of rotatable bonds is 4. The molecule has 2 rings (SSSR count). The van der Waals surface area contributed by atoms with Gasteiger partial charge in [-0.1, -0.05) is 24.3 Å². The van der Waals surface area contributed by atoms with Crippen molar-refractivity contribution in [2.45, 2.75) is 11.2 Å². The van der Waals surface area contributed by atoms with Crippen LogP contribution < -0.4 is 5.73 Å². The standard InChI is InChI=1S/C15H16N2O4S/c1-22(20,21)13-8-6-12(7-9-13)17-14(16)10-2-4-11(5-3-10)15(18)19/h2-9,15,18-19H,1H3,(H2,16,17). The third kappa shape index (κ3) is 3.91. The lowest BCUT2D eigenvalue weighted by Crippen LogP contribution is -2.12. The van der Waals surface area contributed by atoms with Gasteiger partial charge in [0.2, 0.25) is 0 Å². The minimum atomic E-state index is -3.24. The van der Waals surface area contributed by atoms with Crippen molar-refractivity contribution >= 4 is 21.4 Å². The summed E-state index contributed by atoms with van der Waals surface area (Å²) in [6.07, 6.45) is -0.396. The number of benzene rings is 2. The Balaban J connectivity index is 2.25. The first-order valence-electron chi connectivity index (χ1n) is 6.38. The largest absolute Gasteiger partial charge is 0.383 e. The third-order valence-corrected chi connectivity index (χ3v) is 4.15. The minimum absolute atomic E-state index is 0.214. The van der Waals surface area contributed by atoms with Gasteiger partial charge in [0, 0.05) is 17.4 Å². The van der Waals surface area contributed by atoms with Crippen molar-refractivity contribution in [3.05, 3.63) is 59.7 Å². The maximum atomic E-state index is 11.4. The van der Waals surface area contributed by atoms with Crippen molar-refractivity contribution in [3.63, 3.8) is 0 Å². The molecule has 0 saturated heterocycles. The minimum Gasteiger partial charge on any atom is -0.383 e. The molecule has 0 spiro atoms. The van der Waals surface area contributed by atoms with Crippen LogP contribution in [0.3, 0.4) is 0 Å². The lowest BCUT2D eigenvalue weighted by molar-refractivity contribution is -0.0424. The molecule has 0 radical (unpaired) electrons. The first kappa shape index (κ1) is 16.2. The second-order valence-electron chi connectivity index (χ2n) is 4.76. The molecule has 2 aromatic rings. The van der Waals surface area contributed by atoms with E-state index in [-0.39, 0.29) is 10.7 Å². The van der Waals surface area contributed by atoms with Gasteiger partial charge in [-0.15, -0.1) is 0 Å². The molecule has 4 N–H and O–H groups in total. The summed E-state index contributed by atoms with van der Waals surface area (Å²) in [7, 11) is -3.24. The Bertz CT molecular complexity index is 779. The van der Waals surface area contributed by atoms with Crippen LogP contribution >= 0.6 is 0 Å². The predicted molar refractivity (Wildman–Crippen MR) is 83.6 cm³/mol. The summed E-state index contributed by atoms with van der Waals surface area (Å²) >= 11 is 0. The van der Waals surface area contributed by atoms with E-state index >= 15 is 0 Å². The van der Waals surface area contributed by atoms with E-state index in [1.54, 1.807) is 24.3 Å². The van der Waals surface area contributed by atoms with Gasteiger partial charge in [-0.2, -0.15) is 0 Å². The molecule has 0 fully saturated rings. The monoisotopic (exact) mass is 320 g/mol. The van der Waals surface area contributed by atoms with Crippen molar-refractivity contribution in [2.75, 3.05) is 6.26 Å². The summed E-state index contributed by atoms with van der Waals surface area (Å²) in [4.78, 5) is 4.42. The van der Waals surface area contributed by atoms with E-state index in [4.69, 9.17) is 15.9 Å². The molecule has 116 valence electrons. The molecule has 7 heteroatoms. The number of sulfone groups is 1. The van der Waals surface area contributed by atoms with Gasteiger partial charge in [-0.3, -0.25) is 0 Å². The van der Waals surface area contributed by atoms with Gasteiger partial charge in [0.05, 0.1) is 10.6 Å². The molecule has 0 aliphatic rings. The number of nitrogens with zero attached hydrogens (tertiary/aromatic N) is 1. The lowest BCUT2D eigenvalue weighted by atomic mass is 10.1. The average Bonchev–Trinajstić information content (AvgIpc) is 2.47. The average molecular weight is 320 g/mol. The maximum Gasteiger partial charge on any atom is 0.178 e. The van der Waals surface area contributed by atoms with Crippen LogP contribution in [-0.2, 0) is 9.84 Å². The Labute approximate surface area is 128 Å². The highest BCUT2D eigenvalue weighted by Crippen LogP contribution is 2.18. The van der Waals surface area contributed by atoms with E-state index in [2.05, 4.69) is 4.99 Å². The predicted octanol–water partition coefficient (Wildman–Crippen LogP) is 1.11. The van der Waals surface area contributed by atoms with Crippen LogP contribution in [0.1, 0.15) is 17.4 Å². The van der Waals surface area contributed by atoms with Gasteiger partial charge in [0.25, 0.3) is 0 Å². The fraction of sp³-hybridized carbons (Fsp3) is 0.133. The second-order valence-corrected chi connectivity index (χ2v) is 6.77. The number of nitrogens with two attached hydrogens (primary N) is 1. The quantitative estimate of drug-likeness (QED) is 0.444. The zero-order valence-electron chi connectivity index (χ0n) is 11.8. The fourth-order valence-corrected chi connectivity index (χ4v) is 2.43. The molecule has 6 nitrogen and oxygen atoms in total. The number of hydrogen-bond donors (Lipinski definition) is 3. The molecule has 0 bridgehead atoms. The highest BCUT2D eigenvalue weighted by molar-refractivity contribution is 7.90. The molecule has 22 heavy (non-hydrogen) atoms. The van der Waals surface area contributed by atoms with Crippen LogP contribution in [0.15, 0.2) is 58.4 Å². The summed E-state index contributed by atoms with van der Waals surface area (Å²) in [5, 5.41) is 18.1. The molecular formula is C15H16N2O4S. The Morgan fingerprint density at radius 2 is 1.59 bits per heavy atom. The van der Waals surface area contributed by atoms with E-state index in [0.717, 1.165) is 6.26 Å². The van der Waals surface area contributed by atoms with E-state index in [1.165, 1.54) is 24.3 Å². The van der Waals surface area contributed by atoms with Crippen LogP contribution in [0, 0.1) is 0 Å². The van der Waals surface area contributed by atoms with Crippen molar-refractivity contribution < 1.29 is 18.6 Å². The number of aliphatic hydroxyl groups is 2. The molecule has 0 saturated carbocycles. The van der Waals surface area contributed by atoms with Crippen molar-refractivity contribution in [3.8, 4) is 0 Å². The normalized spacial score (nSPS) is 12.6. The Morgan fingerprint density at radius 1 is 1.05 bits per heavy atom. The van der Waals surface area contributed by atoms with Gasteiger partial charge in [-0.25, -0.2) is 13.4 Å². The molecule has 0 amide bonds. The molecule has 0 heterocycles. The third-order valence-electron chi connectivity index (χ3n) is 3.02. The van der Waals surface area contributed by atoms with Gasteiger partial charge in [0.1, 0.15) is 5.84 Å². The van der Waals surface area contributed by atoms with Gasteiger partial charge >= 0.3 is 0 Å². The topological polar surface area (TPSA) is 113 Å². The number of amidine groups is 1. The Kier molecular flexibility index (Phi) is 4.60. The second kappa shape index (κ2) is 6.27. The molecule has 0 aliphatic carbocycles. The van der Waals surface area contributed by atoms with Gasteiger partial charge in [-0.05, 0) is 24.3 Å². The number of aliphatic hydroxyl groups excluding tert-OH is 1. The zero-order chi connectivity index (χ0) is 16.3. The zero-order valence-corrected chi connectivity index (χ0v) is 12.7. The van der Waals surface area contributed by atoms with Crippen LogP contribution in [0.2, 0.25) is 0 Å². The van der Waals surface area contributed by atoms with E-state index in [1.807, 2.05) is 0 Å². The smallest absolute Gasteiger partial charge is 0.178 e. The fourth-order valence-electron chi connectivity index (χ4n) is 1.80. The molecule has 0 atom stereocenters. The molecule has 0 unspecified atom stereocenters. The highest BCUT2D eigenvalue weighted by atomic mass is 32.2. The summed E-state index contributed by atoms with van der Waals surface area (Å²) < 4.78 is 22.7. The van der Waals surface area contributed by atoms with E-state index in [9.17, 15) is 8.42 Å². The van der Waals surface area contributed by atoms with Gasteiger partial charge < -0.3 is 15.9 Å². The first-order chi connectivity index (χ1) is 10.3. The van der Waals surface area contributed by atoms with Crippen LogP contribution in [0.25, 0.3) is 0 Å². The van der Waals surface area contributed by atoms with Crippen LogP contribution in [0.5, 0.6) is 0 Å². The summed E-state index contributed by atoms with van der Waals surface area (Å²) in [5.41, 5.74) is 7.39. The van der Waals surface area contributed by atoms with Crippen molar-refractivity contribution in [2.24, 2.45) is 10.7 Å². The number of aliphatic imine (C=N–C) groups is 1. The molecular weight excluding hydrogens is 304 g/mol. The van der Waals surface area contributed by atoms with E-state index in [0.29, 0.717) is 16.8 Å². The lowest BCUT2D eigenvalue weighted by Gasteiger charge is -2.06. The number of hydrogen-bond acceptors (Lipinski definition) is 5. The van der Waals surface area contributed by atoms with Crippen LogP contribution in [0.4, 0.5) is 5.69 Å². The summed E-state index contributed by atoms with van der Waals surface area (Å²) in [6.45, 7) is 0. The first-order valence-corrected chi connectivity index (χ1v) is 8.27. The molecule has 0 aromatic heterocycles. The summed E-state index contributed by atoms with van der Waals surface area (Å²) in [5.74, 6) is 0.242.